The lowest BCUT2D eigenvalue weighted by Crippen LogP contribution is -2.18. The summed E-state index contributed by atoms with van der Waals surface area (Å²) in [6, 6.07) is 0. The van der Waals surface area contributed by atoms with Gasteiger partial charge in [0.25, 0.3) is 0 Å². The van der Waals surface area contributed by atoms with Crippen molar-refractivity contribution in [2.75, 3.05) is 0 Å². The van der Waals surface area contributed by atoms with Crippen molar-refractivity contribution in [2.45, 2.75) is 175 Å². The van der Waals surface area contributed by atoms with Crippen LogP contribution in [0.5, 0.6) is 0 Å². The van der Waals surface area contributed by atoms with Crippen molar-refractivity contribution < 1.29 is 9.53 Å². The van der Waals surface area contributed by atoms with Crippen LogP contribution in [0.2, 0.25) is 0 Å². The van der Waals surface area contributed by atoms with E-state index in [1.807, 2.05) is 0 Å². The molecule has 0 unspecified atom stereocenters. The Morgan fingerprint density at radius 1 is 0.500 bits per heavy atom. The molecule has 0 spiro atoms. The number of esters is 1. The highest BCUT2D eigenvalue weighted by Crippen LogP contribution is 2.18. The molecular weight excluding hydrogens is 368 g/mol. The largest absolute Gasteiger partial charge is 0.462 e. The number of carbonyl (C=O) groups is 1. The van der Waals surface area contributed by atoms with Crippen LogP contribution in [-0.2, 0) is 9.53 Å². The van der Waals surface area contributed by atoms with Gasteiger partial charge in [-0.1, -0.05) is 130 Å². The average Bonchev–Trinajstić information content (AvgIpc) is 2.74. The van der Waals surface area contributed by atoms with E-state index in [4.69, 9.17) is 4.74 Å². The third-order valence-electron chi connectivity index (χ3n) is 6.29. The molecule has 0 radical (unpaired) electrons. The Labute approximate surface area is 190 Å². The topological polar surface area (TPSA) is 26.3 Å². The maximum Gasteiger partial charge on any atom is 0.306 e. The van der Waals surface area contributed by atoms with Crippen molar-refractivity contribution in [3.63, 3.8) is 0 Å². The van der Waals surface area contributed by atoms with Gasteiger partial charge in [-0.3, -0.25) is 4.79 Å². The number of ether oxygens (including phenoxy) is 1. The molecule has 0 amide bonds. The van der Waals surface area contributed by atoms with Crippen molar-refractivity contribution in [1.82, 2.24) is 0 Å². The van der Waals surface area contributed by atoms with Crippen molar-refractivity contribution in [2.24, 2.45) is 0 Å². The first-order valence-electron chi connectivity index (χ1n) is 13.9. The van der Waals surface area contributed by atoms with Crippen LogP contribution >= 0.6 is 0 Å². The number of hydrogen-bond acceptors (Lipinski definition) is 2. The Kier molecular flexibility index (Phi) is 24.3. The molecule has 0 rings (SSSR count). The van der Waals surface area contributed by atoms with E-state index < -0.39 is 0 Å². The number of carbonyl (C=O) groups excluding carboxylic acids is 1. The molecule has 2 nitrogen and oxygen atoms in total. The zero-order valence-electron chi connectivity index (χ0n) is 21.2. The lowest BCUT2D eigenvalue weighted by Gasteiger charge is -2.18. The average molecular weight is 425 g/mol. The van der Waals surface area contributed by atoms with Crippen LogP contribution in [0.3, 0.4) is 0 Å². The lowest BCUT2D eigenvalue weighted by molar-refractivity contribution is -0.150. The fourth-order valence-electron chi connectivity index (χ4n) is 4.21. The monoisotopic (exact) mass is 424 g/mol. The number of rotatable bonds is 24. The molecule has 0 aromatic carbocycles. The van der Waals surface area contributed by atoms with E-state index in [1.54, 1.807) is 0 Å². The second kappa shape index (κ2) is 24.7. The van der Waals surface area contributed by atoms with Crippen molar-refractivity contribution in [3.05, 3.63) is 0 Å². The fourth-order valence-corrected chi connectivity index (χ4v) is 4.21. The SMILES string of the molecule is CCCCCCCCCCC(CCCCCCCCCC)OC(=O)CCCCCC. The summed E-state index contributed by atoms with van der Waals surface area (Å²) in [5, 5.41) is 0. The maximum atomic E-state index is 12.3. The first kappa shape index (κ1) is 29.5. The molecule has 180 valence electrons. The molecule has 30 heavy (non-hydrogen) atoms. The summed E-state index contributed by atoms with van der Waals surface area (Å²) in [4.78, 5) is 12.3. The summed E-state index contributed by atoms with van der Waals surface area (Å²) >= 11 is 0. The highest BCUT2D eigenvalue weighted by molar-refractivity contribution is 5.69. The third kappa shape index (κ3) is 22.2. The molecular formula is C28H56O2. The molecule has 0 saturated heterocycles. The number of hydrogen-bond donors (Lipinski definition) is 0. The van der Waals surface area contributed by atoms with Gasteiger partial charge >= 0.3 is 5.97 Å². The molecule has 0 aliphatic carbocycles. The van der Waals surface area contributed by atoms with Gasteiger partial charge in [-0.05, 0) is 32.1 Å². The van der Waals surface area contributed by atoms with Crippen LogP contribution in [0.15, 0.2) is 0 Å². The van der Waals surface area contributed by atoms with Crippen molar-refractivity contribution >= 4 is 5.97 Å². The zero-order chi connectivity index (χ0) is 22.1. The van der Waals surface area contributed by atoms with Crippen LogP contribution in [0.1, 0.15) is 168 Å². The molecule has 0 heterocycles. The Bertz CT molecular complexity index is 320. The quantitative estimate of drug-likeness (QED) is 0.114. The Hall–Kier alpha value is -0.530. The van der Waals surface area contributed by atoms with Crippen molar-refractivity contribution in [1.29, 1.82) is 0 Å². The summed E-state index contributed by atoms with van der Waals surface area (Å²) in [5.74, 6) is 0.0511. The molecule has 0 atom stereocenters. The van der Waals surface area contributed by atoms with Gasteiger partial charge in [0.15, 0.2) is 0 Å². The summed E-state index contributed by atoms with van der Waals surface area (Å²) in [7, 11) is 0. The fraction of sp³-hybridized carbons (Fsp3) is 0.964. The maximum absolute atomic E-state index is 12.3. The minimum atomic E-state index is 0.0511. The van der Waals surface area contributed by atoms with Gasteiger partial charge in [0.1, 0.15) is 6.10 Å². The van der Waals surface area contributed by atoms with Gasteiger partial charge in [-0.15, -0.1) is 0 Å². The Morgan fingerprint density at radius 3 is 1.23 bits per heavy atom. The van der Waals surface area contributed by atoms with E-state index in [0.717, 1.165) is 25.7 Å². The predicted molar refractivity (Wildman–Crippen MR) is 133 cm³/mol. The molecule has 0 saturated carbocycles. The summed E-state index contributed by atoms with van der Waals surface area (Å²) in [5.41, 5.74) is 0. The van der Waals surface area contributed by atoms with Gasteiger partial charge in [-0.2, -0.15) is 0 Å². The van der Waals surface area contributed by atoms with E-state index in [1.165, 1.54) is 116 Å². The van der Waals surface area contributed by atoms with Crippen LogP contribution < -0.4 is 0 Å². The molecule has 0 bridgehead atoms. The highest BCUT2D eigenvalue weighted by atomic mass is 16.5. The molecule has 0 N–H and O–H groups in total. The standard InChI is InChI=1S/C28H56O2/c1-4-7-10-13-15-17-19-21-24-27(30-28(29)26-23-12-9-6-3)25-22-20-18-16-14-11-8-5-2/h27H,4-26H2,1-3H3. The van der Waals surface area contributed by atoms with Gasteiger partial charge in [-0.25, -0.2) is 0 Å². The minimum absolute atomic E-state index is 0.0511. The van der Waals surface area contributed by atoms with Crippen LogP contribution in [0.4, 0.5) is 0 Å². The van der Waals surface area contributed by atoms with E-state index in [2.05, 4.69) is 20.8 Å². The third-order valence-corrected chi connectivity index (χ3v) is 6.29. The molecule has 0 aromatic heterocycles. The Balaban J connectivity index is 3.98. The molecule has 0 aliphatic heterocycles. The first-order chi connectivity index (χ1) is 14.7. The summed E-state index contributed by atoms with van der Waals surface area (Å²) in [6.07, 6.45) is 29.0. The molecule has 0 aromatic rings. The van der Waals surface area contributed by atoms with Gasteiger partial charge in [0.05, 0.1) is 0 Å². The highest BCUT2D eigenvalue weighted by Gasteiger charge is 2.14. The van der Waals surface area contributed by atoms with Gasteiger partial charge < -0.3 is 4.74 Å². The van der Waals surface area contributed by atoms with E-state index in [-0.39, 0.29) is 12.1 Å². The van der Waals surface area contributed by atoms with E-state index in [9.17, 15) is 4.79 Å². The summed E-state index contributed by atoms with van der Waals surface area (Å²) < 4.78 is 5.91. The minimum Gasteiger partial charge on any atom is -0.462 e. The van der Waals surface area contributed by atoms with Crippen LogP contribution in [0, 0.1) is 0 Å². The molecule has 2 heteroatoms. The zero-order valence-corrected chi connectivity index (χ0v) is 21.2. The molecule has 0 fully saturated rings. The lowest BCUT2D eigenvalue weighted by atomic mass is 10.0. The Morgan fingerprint density at radius 2 is 0.833 bits per heavy atom. The second-order valence-electron chi connectivity index (χ2n) is 9.45. The first-order valence-corrected chi connectivity index (χ1v) is 13.9. The van der Waals surface area contributed by atoms with Crippen LogP contribution in [-0.4, -0.2) is 12.1 Å². The van der Waals surface area contributed by atoms with Gasteiger partial charge in [0.2, 0.25) is 0 Å². The smallest absolute Gasteiger partial charge is 0.306 e. The van der Waals surface area contributed by atoms with Crippen molar-refractivity contribution in [3.8, 4) is 0 Å². The second-order valence-corrected chi connectivity index (χ2v) is 9.45. The molecule has 0 aliphatic rings. The van der Waals surface area contributed by atoms with Crippen LogP contribution in [0.25, 0.3) is 0 Å². The van der Waals surface area contributed by atoms with E-state index in [0.29, 0.717) is 6.42 Å². The normalized spacial score (nSPS) is 11.3. The van der Waals surface area contributed by atoms with Gasteiger partial charge in [0, 0.05) is 6.42 Å². The number of unbranched alkanes of at least 4 members (excludes halogenated alkanes) is 17. The summed E-state index contributed by atoms with van der Waals surface area (Å²) in [6.45, 7) is 6.76. The van der Waals surface area contributed by atoms with E-state index >= 15 is 0 Å². The predicted octanol–water partition coefficient (Wildman–Crippen LogP) is 9.93.